The molecule has 3 nitrogen and oxygen atoms in total. The van der Waals surface area contributed by atoms with Gasteiger partial charge >= 0.3 is 9.28 Å². The summed E-state index contributed by atoms with van der Waals surface area (Å²) < 4.78 is 11.6. The minimum atomic E-state index is -1.27. The molecule has 107 valence electrons. The van der Waals surface area contributed by atoms with Crippen molar-refractivity contribution in [1.29, 1.82) is 0 Å². The zero-order valence-electron chi connectivity index (χ0n) is 13.0. The van der Waals surface area contributed by atoms with Crippen molar-refractivity contribution in [2.24, 2.45) is 10.9 Å². The number of rotatable bonds is 10. The summed E-state index contributed by atoms with van der Waals surface area (Å²) >= 11 is 0. The lowest BCUT2D eigenvalue weighted by atomic mass is 10.1. The van der Waals surface area contributed by atoms with Crippen molar-refractivity contribution >= 4 is 15.0 Å². The first-order valence-corrected chi connectivity index (χ1v) is 8.60. The molecular formula is C14H30NO2Si. The maximum Gasteiger partial charge on any atom is 0.411 e. The highest BCUT2D eigenvalue weighted by Gasteiger charge is 2.27. The van der Waals surface area contributed by atoms with Crippen LogP contribution in [-0.4, -0.2) is 33.9 Å². The Kier molecular flexibility index (Phi) is 10.6. The van der Waals surface area contributed by atoms with Gasteiger partial charge in [-0.1, -0.05) is 27.2 Å². The van der Waals surface area contributed by atoms with E-state index in [0.29, 0.717) is 19.1 Å². The zero-order valence-corrected chi connectivity index (χ0v) is 14.0. The second-order valence-corrected chi connectivity index (χ2v) is 6.83. The smallest absolute Gasteiger partial charge is 0.392 e. The average molecular weight is 272 g/mol. The summed E-state index contributed by atoms with van der Waals surface area (Å²) in [6, 6.07) is 0. The van der Waals surface area contributed by atoms with E-state index in [0.717, 1.165) is 19.3 Å². The lowest BCUT2D eigenvalue weighted by molar-refractivity contribution is 0.203. The predicted octanol–water partition coefficient (Wildman–Crippen LogP) is 3.76. The average Bonchev–Trinajstić information content (AvgIpc) is 2.27. The van der Waals surface area contributed by atoms with Crippen molar-refractivity contribution in [3.8, 4) is 0 Å². The molecule has 18 heavy (non-hydrogen) atoms. The molecule has 0 rings (SSSR count). The second kappa shape index (κ2) is 10.7. The van der Waals surface area contributed by atoms with Gasteiger partial charge in [-0.05, 0) is 39.5 Å². The Morgan fingerprint density at radius 1 is 1.11 bits per heavy atom. The van der Waals surface area contributed by atoms with Crippen LogP contribution in [0.15, 0.2) is 4.99 Å². The van der Waals surface area contributed by atoms with Gasteiger partial charge < -0.3 is 8.85 Å². The van der Waals surface area contributed by atoms with E-state index in [9.17, 15) is 0 Å². The molecule has 1 atom stereocenters. The van der Waals surface area contributed by atoms with Gasteiger partial charge in [0.15, 0.2) is 0 Å². The summed E-state index contributed by atoms with van der Waals surface area (Å²) in [6.45, 7) is 14.3. The Morgan fingerprint density at radius 3 is 2.06 bits per heavy atom. The SMILES string of the molecule is CCCC(N=C(C)CC(C)C)[Si](OCC)OCC. The first-order chi connectivity index (χ1) is 8.54. The summed E-state index contributed by atoms with van der Waals surface area (Å²) in [5.41, 5.74) is 1.46. The molecule has 1 unspecified atom stereocenters. The molecule has 0 aromatic rings. The van der Waals surface area contributed by atoms with E-state index in [4.69, 9.17) is 13.8 Å². The highest BCUT2D eigenvalue weighted by Crippen LogP contribution is 2.12. The molecular weight excluding hydrogens is 242 g/mol. The monoisotopic (exact) mass is 272 g/mol. The van der Waals surface area contributed by atoms with Crippen molar-refractivity contribution in [1.82, 2.24) is 0 Å². The topological polar surface area (TPSA) is 30.8 Å². The van der Waals surface area contributed by atoms with Crippen molar-refractivity contribution in [3.05, 3.63) is 0 Å². The van der Waals surface area contributed by atoms with Crippen LogP contribution in [0.5, 0.6) is 0 Å². The summed E-state index contributed by atoms with van der Waals surface area (Å²) in [6.07, 6.45) is 3.24. The fourth-order valence-electron chi connectivity index (χ4n) is 1.94. The van der Waals surface area contributed by atoms with Crippen molar-refractivity contribution in [3.63, 3.8) is 0 Å². The Hall–Kier alpha value is -0.193. The van der Waals surface area contributed by atoms with Crippen LogP contribution in [0.4, 0.5) is 0 Å². The van der Waals surface area contributed by atoms with Gasteiger partial charge in [0, 0.05) is 18.9 Å². The van der Waals surface area contributed by atoms with Crippen LogP contribution in [0.25, 0.3) is 0 Å². The summed E-state index contributed by atoms with van der Waals surface area (Å²) in [5, 5.41) is 0. The van der Waals surface area contributed by atoms with E-state index < -0.39 is 9.28 Å². The number of hydrogen-bond donors (Lipinski definition) is 0. The van der Waals surface area contributed by atoms with Crippen molar-refractivity contribution in [2.75, 3.05) is 13.2 Å². The molecule has 0 saturated carbocycles. The van der Waals surface area contributed by atoms with Crippen LogP contribution in [0.1, 0.15) is 60.8 Å². The van der Waals surface area contributed by atoms with Crippen LogP contribution in [0.2, 0.25) is 0 Å². The molecule has 0 aliphatic carbocycles. The summed E-state index contributed by atoms with van der Waals surface area (Å²) in [5.74, 6) is 0.658. The van der Waals surface area contributed by atoms with Crippen LogP contribution < -0.4 is 0 Å². The second-order valence-electron chi connectivity index (χ2n) is 4.95. The predicted molar refractivity (Wildman–Crippen MR) is 80.3 cm³/mol. The van der Waals surface area contributed by atoms with Crippen LogP contribution in [-0.2, 0) is 8.85 Å². The van der Waals surface area contributed by atoms with Crippen molar-refractivity contribution in [2.45, 2.75) is 66.5 Å². The normalized spacial score (nSPS) is 14.6. The van der Waals surface area contributed by atoms with Crippen molar-refractivity contribution < 1.29 is 8.85 Å². The molecule has 0 N–H and O–H groups in total. The summed E-state index contributed by atoms with van der Waals surface area (Å²) in [7, 11) is -1.27. The van der Waals surface area contributed by atoms with E-state index in [1.165, 1.54) is 5.71 Å². The third-order valence-corrected chi connectivity index (χ3v) is 4.60. The van der Waals surface area contributed by atoms with Gasteiger partial charge in [0.05, 0.1) is 5.67 Å². The van der Waals surface area contributed by atoms with E-state index in [1.54, 1.807) is 0 Å². The molecule has 0 aromatic heterocycles. The molecule has 0 spiro atoms. The summed E-state index contributed by atoms with van der Waals surface area (Å²) in [4.78, 5) is 4.86. The highest BCUT2D eigenvalue weighted by atomic mass is 28.3. The lowest BCUT2D eigenvalue weighted by Crippen LogP contribution is -2.37. The van der Waals surface area contributed by atoms with Gasteiger partial charge in [0.2, 0.25) is 0 Å². The van der Waals surface area contributed by atoms with E-state index in [2.05, 4.69) is 27.7 Å². The molecule has 0 aliphatic heterocycles. The van der Waals surface area contributed by atoms with Crippen LogP contribution >= 0.6 is 0 Å². The highest BCUT2D eigenvalue weighted by molar-refractivity contribution is 6.46. The molecule has 0 aromatic carbocycles. The first kappa shape index (κ1) is 17.8. The van der Waals surface area contributed by atoms with Gasteiger partial charge in [-0.15, -0.1) is 0 Å². The van der Waals surface area contributed by atoms with E-state index in [-0.39, 0.29) is 5.67 Å². The Bertz CT molecular complexity index is 226. The molecule has 0 bridgehead atoms. The fraction of sp³-hybridized carbons (Fsp3) is 0.929. The Labute approximate surface area is 115 Å². The molecule has 0 saturated heterocycles. The van der Waals surface area contributed by atoms with Crippen LogP contribution in [0.3, 0.4) is 0 Å². The molecule has 0 aliphatic rings. The first-order valence-electron chi connectivity index (χ1n) is 7.20. The number of aliphatic imine (C=N–C) groups is 1. The quantitative estimate of drug-likeness (QED) is 0.448. The maximum absolute atomic E-state index is 5.78. The fourth-order valence-corrected chi connectivity index (χ4v) is 3.82. The van der Waals surface area contributed by atoms with Gasteiger partial charge in [-0.3, -0.25) is 4.99 Å². The third-order valence-electron chi connectivity index (χ3n) is 2.49. The van der Waals surface area contributed by atoms with Gasteiger partial charge in [-0.2, -0.15) is 0 Å². The van der Waals surface area contributed by atoms with Gasteiger partial charge in [0.25, 0.3) is 0 Å². The van der Waals surface area contributed by atoms with Gasteiger partial charge in [0.1, 0.15) is 0 Å². The number of nitrogens with zero attached hydrogens (tertiary/aromatic N) is 1. The lowest BCUT2D eigenvalue weighted by Gasteiger charge is -2.21. The third kappa shape index (κ3) is 8.00. The molecule has 0 fully saturated rings. The molecule has 0 amide bonds. The Morgan fingerprint density at radius 2 is 1.67 bits per heavy atom. The molecule has 0 heterocycles. The van der Waals surface area contributed by atoms with Crippen LogP contribution in [0, 0.1) is 5.92 Å². The largest absolute Gasteiger partial charge is 0.411 e. The zero-order chi connectivity index (χ0) is 14.0. The molecule has 4 heteroatoms. The maximum atomic E-state index is 5.78. The van der Waals surface area contributed by atoms with E-state index in [1.807, 2.05) is 13.8 Å². The Balaban J connectivity index is 4.67. The minimum Gasteiger partial charge on any atom is -0.392 e. The van der Waals surface area contributed by atoms with E-state index >= 15 is 0 Å². The minimum absolute atomic E-state index is 0.235. The van der Waals surface area contributed by atoms with Gasteiger partial charge in [-0.25, -0.2) is 0 Å². The standard InChI is InChI=1S/C14H30NO2Si/c1-7-10-14(15-13(6)11-12(4)5)18(16-8-2)17-9-3/h12,14H,7-11H2,1-6H3. The number of hydrogen-bond acceptors (Lipinski definition) is 3. The molecule has 1 radical (unpaired) electrons.